The predicted molar refractivity (Wildman–Crippen MR) is 33.2 cm³/mol. The second-order valence-corrected chi connectivity index (χ2v) is 2.73. The minimum atomic E-state index is 0.0318. The Morgan fingerprint density at radius 3 is 2.50 bits per heavy atom. The van der Waals surface area contributed by atoms with Crippen molar-refractivity contribution in [2.75, 3.05) is 6.61 Å². The third-order valence-electron chi connectivity index (χ3n) is 1.09. The molecule has 0 atom stereocenters. The number of hydrogen-bond acceptors (Lipinski definition) is 2. The molecule has 1 aliphatic heterocycles. The van der Waals surface area contributed by atoms with Gasteiger partial charge in [-0.05, 0) is 0 Å². The molecular formula is C5H8LiNO. The first kappa shape index (κ1) is 6.19. The molecule has 0 radical (unpaired) electrons. The molecule has 1 aliphatic rings. The summed E-state index contributed by atoms with van der Waals surface area (Å²) < 4.78 is 5.93. The van der Waals surface area contributed by atoms with Crippen molar-refractivity contribution in [3.05, 3.63) is 0 Å². The summed E-state index contributed by atoms with van der Waals surface area (Å²) >= 11 is 1.88. The van der Waals surface area contributed by atoms with Gasteiger partial charge in [-0.2, -0.15) is 0 Å². The van der Waals surface area contributed by atoms with Gasteiger partial charge in [0.25, 0.3) is 0 Å². The van der Waals surface area contributed by atoms with E-state index in [1.165, 1.54) is 0 Å². The Morgan fingerprint density at radius 1 is 1.75 bits per heavy atom. The van der Waals surface area contributed by atoms with E-state index in [1.807, 2.05) is 17.7 Å². The van der Waals surface area contributed by atoms with E-state index in [1.54, 1.807) is 0 Å². The molecule has 8 heavy (non-hydrogen) atoms. The summed E-state index contributed by atoms with van der Waals surface area (Å²) in [5.41, 5.74) is 0.0318. The topological polar surface area (TPSA) is 21.6 Å². The van der Waals surface area contributed by atoms with Gasteiger partial charge in [-0.1, -0.05) is 0 Å². The fourth-order valence-electron chi connectivity index (χ4n) is 0.772. The van der Waals surface area contributed by atoms with Crippen molar-refractivity contribution in [2.45, 2.75) is 19.4 Å². The molecule has 0 spiro atoms. The molecule has 3 heteroatoms. The zero-order valence-electron chi connectivity index (χ0n) is 5.56. The molecule has 1 heterocycles. The first-order valence-corrected chi connectivity index (χ1v) is 2.79. The van der Waals surface area contributed by atoms with Gasteiger partial charge < -0.3 is 0 Å². The maximum atomic E-state index is 5.12. The summed E-state index contributed by atoms with van der Waals surface area (Å²) in [5, 5.41) is 0. The van der Waals surface area contributed by atoms with Crippen LogP contribution in [0, 0.1) is 0 Å². The third-order valence-corrected chi connectivity index (χ3v) is 1.09. The molecule has 0 saturated heterocycles. The average Bonchev–Trinajstić information content (AvgIpc) is 1.82. The van der Waals surface area contributed by atoms with Crippen LogP contribution in [0.1, 0.15) is 13.8 Å². The van der Waals surface area contributed by atoms with Crippen LogP contribution in [0.2, 0.25) is 0 Å². The molecule has 40 valence electrons. The van der Waals surface area contributed by atoms with Crippen molar-refractivity contribution < 1.29 is 4.74 Å². The molecule has 1 rings (SSSR count). The number of hydrogen-bond donors (Lipinski definition) is 0. The summed E-state index contributed by atoms with van der Waals surface area (Å²) in [6.45, 7) is 4.85. The zero-order valence-corrected chi connectivity index (χ0v) is 5.56. The fourth-order valence-corrected chi connectivity index (χ4v) is 0.772. The molecule has 0 fully saturated rings. The van der Waals surface area contributed by atoms with Crippen LogP contribution in [0.25, 0.3) is 0 Å². The summed E-state index contributed by atoms with van der Waals surface area (Å²) in [7, 11) is 0. The van der Waals surface area contributed by atoms with E-state index >= 15 is 0 Å². The van der Waals surface area contributed by atoms with Gasteiger partial charge in [0, 0.05) is 0 Å². The average molecular weight is 105 g/mol. The van der Waals surface area contributed by atoms with Crippen molar-refractivity contribution in [1.82, 2.24) is 0 Å². The Kier molecular flexibility index (Phi) is 1.38. The van der Waals surface area contributed by atoms with E-state index in [4.69, 9.17) is 4.74 Å². The van der Waals surface area contributed by atoms with Gasteiger partial charge in [0.1, 0.15) is 0 Å². The molecular weight excluding hydrogens is 97.0 g/mol. The summed E-state index contributed by atoms with van der Waals surface area (Å²) in [6, 6.07) is 0. The van der Waals surface area contributed by atoms with E-state index in [-0.39, 0.29) is 5.54 Å². The van der Waals surface area contributed by atoms with Crippen LogP contribution >= 0.6 is 0 Å². The van der Waals surface area contributed by atoms with Gasteiger partial charge in [-0.15, -0.1) is 0 Å². The first-order chi connectivity index (χ1) is 3.60. The van der Waals surface area contributed by atoms with Crippen LogP contribution in [0.15, 0.2) is 4.99 Å². The molecule has 0 N–H and O–H groups in total. The van der Waals surface area contributed by atoms with Crippen LogP contribution in [-0.4, -0.2) is 34.4 Å². The normalized spacial score (nSPS) is 24.8. The van der Waals surface area contributed by atoms with E-state index in [2.05, 4.69) is 18.8 Å². The number of rotatable bonds is 0. The SMILES string of the molecule is [Li][C]1=NC(C)(C)CO1. The van der Waals surface area contributed by atoms with Crippen molar-refractivity contribution >= 4 is 22.3 Å². The van der Waals surface area contributed by atoms with Gasteiger partial charge in [0.05, 0.1) is 0 Å². The second kappa shape index (κ2) is 1.79. The summed E-state index contributed by atoms with van der Waals surface area (Å²) in [6.07, 6.45) is 0. The Balaban J connectivity index is 2.67. The number of nitrogens with zero attached hydrogens (tertiary/aromatic N) is 1. The molecule has 0 aliphatic carbocycles. The quantitative estimate of drug-likeness (QED) is 0.406. The van der Waals surface area contributed by atoms with Gasteiger partial charge in [-0.3, -0.25) is 0 Å². The van der Waals surface area contributed by atoms with Crippen LogP contribution in [0.3, 0.4) is 0 Å². The minimum absolute atomic E-state index is 0.0318. The molecule has 0 saturated carbocycles. The van der Waals surface area contributed by atoms with Crippen LogP contribution in [0.4, 0.5) is 0 Å². The molecule has 2 nitrogen and oxygen atoms in total. The molecule has 0 aromatic heterocycles. The Bertz CT molecular complexity index is 130. The van der Waals surface area contributed by atoms with Gasteiger partial charge in [0.15, 0.2) is 0 Å². The maximum absolute atomic E-state index is 5.12. The zero-order chi connectivity index (χ0) is 6.20. The van der Waals surface area contributed by atoms with Crippen LogP contribution in [0.5, 0.6) is 0 Å². The monoisotopic (exact) mass is 105 g/mol. The first-order valence-electron chi connectivity index (χ1n) is 2.79. The fraction of sp³-hybridized carbons (Fsp3) is 0.800. The standard InChI is InChI=1S/C5H8NO.Li/c1-5(2)3-7-4-6-5;/h3H2,1-2H3;. The molecule has 0 amide bonds. The summed E-state index contributed by atoms with van der Waals surface area (Å²) in [4.78, 5) is 4.22. The van der Waals surface area contributed by atoms with E-state index in [9.17, 15) is 0 Å². The third kappa shape index (κ3) is 1.27. The Hall–Kier alpha value is 0.0674. The molecule has 0 unspecified atom stereocenters. The van der Waals surface area contributed by atoms with Crippen molar-refractivity contribution in [3.8, 4) is 0 Å². The Labute approximate surface area is 58.5 Å². The van der Waals surface area contributed by atoms with E-state index in [0.717, 1.165) is 11.2 Å². The van der Waals surface area contributed by atoms with Crippen molar-refractivity contribution in [2.24, 2.45) is 4.99 Å². The Morgan fingerprint density at radius 2 is 2.38 bits per heavy atom. The van der Waals surface area contributed by atoms with Crippen LogP contribution in [-0.2, 0) is 4.74 Å². The van der Waals surface area contributed by atoms with Gasteiger partial charge in [-0.25, -0.2) is 0 Å². The van der Waals surface area contributed by atoms with Crippen LogP contribution < -0.4 is 0 Å². The predicted octanol–water partition coefficient (Wildman–Crippen LogP) is 0.320. The van der Waals surface area contributed by atoms with E-state index < -0.39 is 0 Å². The van der Waals surface area contributed by atoms with Gasteiger partial charge in [0.2, 0.25) is 0 Å². The van der Waals surface area contributed by atoms with Crippen molar-refractivity contribution in [1.29, 1.82) is 0 Å². The molecule has 0 aromatic carbocycles. The number of aliphatic imine (C=N–C) groups is 1. The second-order valence-electron chi connectivity index (χ2n) is 2.73. The summed E-state index contributed by atoms with van der Waals surface area (Å²) in [5.74, 6) is 0. The molecule has 0 bridgehead atoms. The van der Waals surface area contributed by atoms with Gasteiger partial charge >= 0.3 is 58.0 Å². The van der Waals surface area contributed by atoms with E-state index in [0.29, 0.717) is 0 Å². The molecule has 0 aromatic rings. The van der Waals surface area contributed by atoms with Crippen molar-refractivity contribution in [3.63, 3.8) is 0 Å². The number of ether oxygens (including phenoxy) is 1.